The molecule has 0 saturated carbocycles. The Labute approximate surface area is 301 Å². The minimum absolute atomic E-state index is 0.853. The maximum atomic E-state index is 5.22. The third kappa shape index (κ3) is 4.84. The van der Waals surface area contributed by atoms with Crippen LogP contribution in [0, 0.1) is 13.8 Å². The molecule has 0 fully saturated rings. The Morgan fingerprint density at radius 2 is 0.942 bits per heavy atom. The molecule has 0 saturated heterocycles. The highest BCUT2D eigenvalue weighted by Gasteiger charge is 2.17. The Morgan fingerprint density at radius 1 is 0.442 bits per heavy atom. The van der Waals surface area contributed by atoms with E-state index in [1.165, 1.54) is 43.7 Å². The van der Waals surface area contributed by atoms with Gasteiger partial charge < -0.3 is 9.47 Å². The second-order valence-electron chi connectivity index (χ2n) is 13.7. The van der Waals surface area contributed by atoms with Crippen molar-refractivity contribution in [2.75, 3.05) is 4.90 Å². The first-order valence-electron chi connectivity index (χ1n) is 17.7. The summed E-state index contributed by atoms with van der Waals surface area (Å²) in [5, 5.41) is 7.20. The third-order valence-electron chi connectivity index (χ3n) is 10.3. The van der Waals surface area contributed by atoms with Gasteiger partial charge in [0.25, 0.3) is 0 Å². The first-order chi connectivity index (χ1) is 25.6. The Hall–Kier alpha value is -6.78. The van der Waals surface area contributed by atoms with E-state index in [0.29, 0.717) is 0 Å². The van der Waals surface area contributed by atoms with Crippen LogP contribution >= 0.6 is 0 Å². The largest absolute Gasteiger partial charge is 0.311 e. The molecule has 0 spiro atoms. The van der Waals surface area contributed by atoms with E-state index >= 15 is 0 Å². The number of nitrogens with zero attached hydrogens (tertiary/aromatic N) is 4. The first-order valence-corrected chi connectivity index (χ1v) is 17.7. The van der Waals surface area contributed by atoms with Crippen molar-refractivity contribution < 1.29 is 0 Å². The maximum Gasteiger partial charge on any atom is 0.0979 e. The van der Waals surface area contributed by atoms with Gasteiger partial charge in [0.2, 0.25) is 0 Å². The highest BCUT2D eigenvalue weighted by atomic mass is 15.1. The van der Waals surface area contributed by atoms with Crippen molar-refractivity contribution in [3.05, 3.63) is 181 Å². The zero-order valence-electron chi connectivity index (χ0n) is 29.0. The fraction of sp³-hybridized carbons (Fsp3) is 0.0417. The zero-order chi connectivity index (χ0) is 34.8. The van der Waals surface area contributed by atoms with Crippen LogP contribution in [0.5, 0.6) is 0 Å². The predicted molar refractivity (Wildman–Crippen MR) is 218 cm³/mol. The molecule has 0 aliphatic rings. The average Bonchev–Trinajstić information content (AvgIpc) is 3.51. The highest BCUT2D eigenvalue weighted by Crippen LogP contribution is 2.39. The molecule has 0 unspecified atom stereocenters. The van der Waals surface area contributed by atoms with Gasteiger partial charge in [-0.2, -0.15) is 0 Å². The fourth-order valence-corrected chi connectivity index (χ4v) is 7.85. The Morgan fingerprint density at radius 3 is 1.54 bits per heavy atom. The predicted octanol–water partition coefficient (Wildman–Crippen LogP) is 12.8. The van der Waals surface area contributed by atoms with Crippen LogP contribution in [0.15, 0.2) is 170 Å². The smallest absolute Gasteiger partial charge is 0.0979 e. The Bertz CT molecular complexity index is 2870. The van der Waals surface area contributed by atoms with Crippen LogP contribution in [-0.2, 0) is 0 Å². The van der Waals surface area contributed by atoms with Crippen molar-refractivity contribution in [2.24, 2.45) is 0 Å². The van der Waals surface area contributed by atoms with Gasteiger partial charge in [-0.3, -0.25) is 4.98 Å². The third-order valence-corrected chi connectivity index (χ3v) is 10.3. The number of hydrogen-bond acceptors (Lipinski definition) is 3. The number of fused-ring (bicyclic) bond motifs is 9. The average molecular weight is 667 g/mol. The van der Waals surface area contributed by atoms with Crippen LogP contribution in [-0.4, -0.2) is 14.5 Å². The molecule has 0 N–H and O–H groups in total. The molecule has 4 nitrogen and oxygen atoms in total. The molecule has 0 amide bonds. The molecule has 246 valence electrons. The first kappa shape index (κ1) is 30.1. The lowest BCUT2D eigenvalue weighted by molar-refractivity contribution is 1.17. The van der Waals surface area contributed by atoms with Crippen LogP contribution in [0.4, 0.5) is 17.1 Å². The molecule has 0 aliphatic carbocycles. The quantitative estimate of drug-likeness (QED) is 0.171. The summed E-state index contributed by atoms with van der Waals surface area (Å²) in [7, 11) is 0. The lowest BCUT2D eigenvalue weighted by atomic mass is 9.99. The van der Waals surface area contributed by atoms with Crippen LogP contribution in [0.25, 0.3) is 71.3 Å². The summed E-state index contributed by atoms with van der Waals surface area (Å²) < 4.78 is 2.38. The number of rotatable bonds is 5. The summed E-state index contributed by atoms with van der Waals surface area (Å²) in [6.07, 6.45) is 1.91. The van der Waals surface area contributed by atoms with Crippen molar-refractivity contribution in [3.8, 4) is 16.9 Å². The van der Waals surface area contributed by atoms with E-state index in [2.05, 4.69) is 187 Å². The van der Waals surface area contributed by atoms with E-state index in [-0.39, 0.29) is 0 Å². The summed E-state index contributed by atoms with van der Waals surface area (Å²) in [5.41, 5.74) is 13.1. The van der Waals surface area contributed by atoms with Crippen LogP contribution in [0.2, 0.25) is 0 Å². The lowest BCUT2D eigenvalue weighted by Crippen LogP contribution is -2.10. The van der Waals surface area contributed by atoms with Crippen molar-refractivity contribution in [3.63, 3.8) is 0 Å². The highest BCUT2D eigenvalue weighted by molar-refractivity contribution is 6.23. The molecule has 0 radical (unpaired) electrons. The van der Waals surface area contributed by atoms with Gasteiger partial charge in [0.1, 0.15) is 0 Å². The van der Waals surface area contributed by atoms with Gasteiger partial charge in [-0.25, -0.2) is 4.98 Å². The second kappa shape index (κ2) is 11.9. The van der Waals surface area contributed by atoms with Gasteiger partial charge in [0.15, 0.2) is 0 Å². The molecule has 4 heteroatoms. The van der Waals surface area contributed by atoms with Gasteiger partial charge in [-0.15, -0.1) is 0 Å². The topological polar surface area (TPSA) is 34.0 Å². The molecule has 10 aromatic rings. The summed E-state index contributed by atoms with van der Waals surface area (Å²) in [6, 6.07) is 58.6. The normalized spacial score (nSPS) is 11.7. The minimum atomic E-state index is 0.853. The van der Waals surface area contributed by atoms with Crippen molar-refractivity contribution in [1.29, 1.82) is 0 Å². The van der Waals surface area contributed by atoms with Crippen LogP contribution in [0.3, 0.4) is 0 Å². The van der Waals surface area contributed by atoms with E-state index in [0.717, 1.165) is 55.8 Å². The van der Waals surface area contributed by atoms with E-state index in [9.17, 15) is 0 Å². The summed E-state index contributed by atoms with van der Waals surface area (Å²) in [4.78, 5) is 12.5. The Kier molecular flexibility index (Phi) is 6.90. The van der Waals surface area contributed by atoms with Gasteiger partial charge in [-0.1, -0.05) is 102 Å². The molecule has 0 atom stereocenters. The van der Waals surface area contributed by atoms with Crippen molar-refractivity contribution >= 4 is 71.4 Å². The number of para-hydroxylation sites is 1. The summed E-state index contributed by atoms with van der Waals surface area (Å²) >= 11 is 0. The zero-order valence-corrected chi connectivity index (χ0v) is 29.0. The van der Waals surface area contributed by atoms with Gasteiger partial charge in [0.05, 0.1) is 34.0 Å². The van der Waals surface area contributed by atoms with E-state index in [4.69, 9.17) is 9.97 Å². The van der Waals surface area contributed by atoms with Gasteiger partial charge in [0, 0.05) is 49.9 Å². The van der Waals surface area contributed by atoms with Crippen molar-refractivity contribution in [2.45, 2.75) is 13.8 Å². The molecular weight excluding hydrogens is 633 g/mol. The SMILES string of the molecule is Cc1ccc2c(c1)c1cc(C)ccc1n2-c1ccc(N(c2ccccc2)c2ccc(-c3cnc4c5ccccc5c5ccccc5c4n3)cc2)cc1. The number of hydrogen-bond donors (Lipinski definition) is 0. The molecule has 2 aromatic heterocycles. The molecule has 2 heterocycles. The summed E-state index contributed by atoms with van der Waals surface area (Å²) in [5.74, 6) is 0. The molecule has 0 bridgehead atoms. The second-order valence-corrected chi connectivity index (χ2v) is 13.7. The number of aryl methyl sites for hydroxylation is 2. The molecule has 10 rings (SSSR count). The number of anilines is 3. The van der Waals surface area contributed by atoms with E-state index < -0.39 is 0 Å². The van der Waals surface area contributed by atoms with E-state index in [1.807, 2.05) is 6.20 Å². The molecule has 52 heavy (non-hydrogen) atoms. The fourth-order valence-electron chi connectivity index (χ4n) is 7.85. The standard InChI is InChI=1S/C48H34N4/c1-31-16-26-45-42(28-31)43-29-32(2)17-27-46(43)52(45)37-24-22-36(23-25-37)51(34-10-4-3-5-11-34)35-20-18-33(19-21-35)44-30-49-47-40-14-8-6-12-38(40)39-13-7-9-15-41(39)48(47)50-44/h3-30H,1-2H3. The maximum absolute atomic E-state index is 5.22. The number of benzene rings is 8. The minimum Gasteiger partial charge on any atom is -0.311 e. The van der Waals surface area contributed by atoms with Crippen LogP contribution in [0.1, 0.15) is 11.1 Å². The Balaban J connectivity index is 1.05. The monoisotopic (exact) mass is 666 g/mol. The van der Waals surface area contributed by atoms with Gasteiger partial charge >= 0.3 is 0 Å². The molecule has 8 aromatic carbocycles. The number of aromatic nitrogens is 3. The van der Waals surface area contributed by atoms with E-state index in [1.54, 1.807) is 0 Å². The summed E-state index contributed by atoms with van der Waals surface area (Å²) in [6.45, 7) is 4.33. The molecular formula is C48H34N4. The van der Waals surface area contributed by atoms with Gasteiger partial charge in [-0.05, 0) is 97.4 Å². The molecule has 0 aliphatic heterocycles. The van der Waals surface area contributed by atoms with Crippen molar-refractivity contribution in [1.82, 2.24) is 14.5 Å². The van der Waals surface area contributed by atoms with Crippen LogP contribution < -0.4 is 4.90 Å². The lowest BCUT2D eigenvalue weighted by Gasteiger charge is -2.26.